The third kappa shape index (κ3) is 3.01. The molecule has 0 aliphatic carbocycles. The molecule has 112 valence electrons. The van der Waals surface area contributed by atoms with E-state index in [2.05, 4.69) is 9.88 Å². The van der Waals surface area contributed by atoms with Crippen LogP contribution in [0.5, 0.6) is 0 Å². The molecule has 4 heteroatoms. The molecule has 1 fully saturated rings. The van der Waals surface area contributed by atoms with Crippen LogP contribution < -0.4 is 11.2 Å². The summed E-state index contributed by atoms with van der Waals surface area (Å²) in [7, 11) is 0. The second-order valence-electron chi connectivity index (χ2n) is 6.06. The second kappa shape index (κ2) is 6.00. The molecule has 1 aliphatic rings. The van der Waals surface area contributed by atoms with E-state index < -0.39 is 0 Å². The number of benzene rings is 1. The van der Waals surface area contributed by atoms with Crippen molar-refractivity contribution in [3.8, 4) is 0 Å². The van der Waals surface area contributed by atoms with E-state index in [1.807, 2.05) is 25.1 Å². The van der Waals surface area contributed by atoms with Crippen molar-refractivity contribution in [3.05, 3.63) is 45.7 Å². The zero-order valence-corrected chi connectivity index (χ0v) is 12.6. The molecule has 0 amide bonds. The Labute approximate surface area is 125 Å². The Morgan fingerprint density at radius 3 is 3.00 bits per heavy atom. The lowest BCUT2D eigenvalue weighted by atomic mass is 10.0. The first-order chi connectivity index (χ1) is 10.2. The highest BCUT2D eigenvalue weighted by atomic mass is 16.1. The van der Waals surface area contributed by atoms with Crippen LogP contribution >= 0.6 is 0 Å². The average molecular weight is 285 g/mol. The van der Waals surface area contributed by atoms with Gasteiger partial charge in [0, 0.05) is 41.8 Å². The quantitative estimate of drug-likeness (QED) is 0.908. The van der Waals surface area contributed by atoms with Gasteiger partial charge in [0.1, 0.15) is 0 Å². The number of aromatic nitrogens is 1. The molecule has 1 saturated heterocycles. The monoisotopic (exact) mass is 285 g/mol. The third-order valence-corrected chi connectivity index (χ3v) is 4.44. The molecule has 2 aromatic rings. The summed E-state index contributed by atoms with van der Waals surface area (Å²) in [4.78, 5) is 18.1. The number of nitrogens with two attached hydrogens (primary N) is 1. The normalized spacial score (nSPS) is 20.0. The van der Waals surface area contributed by atoms with E-state index in [1.54, 1.807) is 6.07 Å². The maximum Gasteiger partial charge on any atom is 0.189 e. The van der Waals surface area contributed by atoms with Gasteiger partial charge in [0.15, 0.2) is 5.43 Å². The van der Waals surface area contributed by atoms with Gasteiger partial charge < -0.3 is 10.7 Å². The van der Waals surface area contributed by atoms with Crippen molar-refractivity contribution in [1.29, 1.82) is 0 Å². The van der Waals surface area contributed by atoms with Crippen LogP contribution in [0.3, 0.4) is 0 Å². The first-order valence-corrected chi connectivity index (χ1v) is 7.74. The molecule has 1 aromatic carbocycles. The predicted molar refractivity (Wildman–Crippen MR) is 86.4 cm³/mol. The van der Waals surface area contributed by atoms with Crippen molar-refractivity contribution in [2.45, 2.75) is 38.8 Å². The number of H-pyrrole nitrogens is 1. The van der Waals surface area contributed by atoms with Gasteiger partial charge in [-0.1, -0.05) is 18.1 Å². The van der Waals surface area contributed by atoms with Crippen LogP contribution in [0.1, 0.15) is 30.5 Å². The van der Waals surface area contributed by atoms with Gasteiger partial charge in [-0.25, -0.2) is 0 Å². The molecule has 2 heterocycles. The predicted octanol–water partition coefficient (Wildman–Crippen LogP) is 2.15. The number of nitrogens with zero attached hydrogens (tertiary/aromatic N) is 1. The summed E-state index contributed by atoms with van der Waals surface area (Å²) in [5.74, 6) is 0. The van der Waals surface area contributed by atoms with Crippen molar-refractivity contribution in [2.75, 3.05) is 13.1 Å². The number of hydrogen-bond donors (Lipinski definition) is 2. The van der Waals surface area contributed by atoms with Gasteiger partial charge in [-0.05, 0) is 38.4 Å². The Balaban J connectivity index is 1.90. The number of aryl methyl sites for hydroxylation is 1. The molecule has 1 aliphatic heterocycles. The number of likely N-dealkylation sites (tertiary alicyclic amines) is 1. The molecule has 4 nitrogen and oxygen atoms in total. The van der Waals surface area contributed by atoms with E-state index in [-0.39, 0.29) is 5.43 Å². The van der Waals surface area contributed by atoms with Crippen LogP contribution in [0.25, 0.3) is 10.9 Å². The number of nitrogens with one attached hydrogen (secondary N) is 1. The zero-order valence-electron chi connectivity index (χ0n) is 12.6. The topological polar surface area (TPSA) is 62.1 Å². The van der Waals surface area contributed by atoms with Gasteiger partial charge in [0.2, 0.25) is 0 Å². The molecule has 0 bridgehead atoms. The lowest BCUT2D eigenvalue weighted by molar-refractivity contribution is 0.143. The molecule has 3 rings (SSSR count). The Hall–Kier alpha value is -1.65. The summed E-state index contributed by atoms with van der Waals surface area (Å²) in [6.07, 6.45) is 3.63. The molecule has 0 spiro atoms. The maximum atomic E-state index is 12.3. The fraction of sp³-hybridized carbons (Fsp3) is 0.471. The highest BCUT2D eigenvalue weighted by molar-refractivity contribution is 5.79. The standard InChI is InChI=1S/C17H23N3O/c1-12-5-6-16-15(8-12)17(21)9-13(19-16)11-20-7-3-2-4-14(20)10-18/h5-6,8-9,14H,2-4,7,10-11,18H2,1H3,(H,19,21). The Morgan fingerprint density at radius 2 is 2.19 bits per heavy atom. The summed E-state index contributed by atoms with van der Waals surface area (Å²) >= 11 is 0. The summed E-state index contributed by atoms with van der Waals surface area (Å²) < 4.78 is 0. The minimum atomic E-state index is 0.101. The lowest BCUT2D eigenvalue weighted by Crippen LogP contribution is -2.43. The van der Waals surface area contributed by atoms with Gasteiger partial charge in [-0.2, -0.15) is 0 Å². The highest BCUT2D eigenvalue weighted by Gasteiger charge is 2.21. The highest BCUT2D eigenvalue weighted by Crippen LogP contribution is 2.19. The van der Waals surface area contributed by atoms with Crippen LogP contribution in [0.2, 0.25) is 0 Å². The number of fused-ring (bicyclic) bond motifs is 1. The number of rotatable bonds is 3. The van der Waals surface area contributed by atoms with E-state index in [9.17, 15) is 4.79 Å². The fourth-order valence-corrected chi connectivity index (χ4v) is 3.26. The van der Waals surface area contributed by atoms with Crippen molar-refractivity contribution in [3.63, 3.8) is 0 Å². The zero-order chi connectivity index (χ0) is 14.8. The Bertz CT molecular complexity index is 692. The van der Waals surface area contributed by atoms with E-state index >= 15 is 0 Å². The summed E-state index contributed by atoms with van der Waals surface area (Å²) in [5, 5.41) is 0.771. The average Bonchev–Trinajstić information content (AvgIpc) is 2.49. The van der Waals surface area contributed by atoms with Gasteiger partial charge >= 0.3 is 0 Å². The molecule has 21 heavy (non-hydrogen) atoms. The van der Waals surface area contributed by atoms with E-state index in [0.29, 0.717) is 12.6 Å². The van der Waals surface area contributed by atoms with Gasteiger partial charge in [0.25, 0.3) is 0 Å². The van der Waals surface area contributed by atoms with E-state index in [0.717, 1.165) is 41.7 Å². The lowest BCUT2D eigenvalue weighted by Gasteiger charge is -2.34. The van der Waals surface area contributed by atoms with Crippen LogP contribution in [0, 0.1) is 6.92 Å². The number of piperidine rings is 1. The van der Waals surface area contributed by atoms with Crippen molar-refractivity contribution >= 4 is 10.9 Å². The largest absolute Gasteiger partial charge is 0.357 e. The molecule has 1 aromatic heterocycles. The minimum Gasteiger partial charge on any atom is -0.357 e. The number of hydrogen-bond acceptors (Lipinski definition) is 3. The van der Waals surface area contributed by atoms with Gasteiger partial charge in [-0.3, -0.25) is 9.69 Å². The third-order valence-electron chi connectivity index (χ3n) is 4.44. The fourth-order valence-electron chi connectivity index (χ4n) is 3.26. The Morgan fingerprint density at radius 1 is 1.33 bits per heavy atom. The number of pyridine rings is 1. The summed E-state index contributed by atoms with van der Waals surface area (Å²) in [6.45, 7) is 4.54. The molecule has 0 saturated carbocycles. The first-order valence-electron chi connectivity index (χ1n) is 7.74. The minimum absolute atomic E-state index is 0.101. The van der Waals surface area contributed by atoms with Gasteiger partial charge in [0.05, 0.1) is 0 Å². The molecule has 3 N–H and O–H groups in total. The van der Waals surface area contributed by atoms with Crippen LogP contribution in [0.4, 0.5) is 0 Å². The first kappa shape index (κ1) is 14.3. The van der Waals surface area contributed by atoms with Crippen LogP contribution in [0.15, 0.2) is 29.1 Å². The summed E-state index contributed by atoms with van der Waals surface area (Å²) in [5.41, 5.74) is 8.99. The molecular weight excluding hydrogens is 262 g/mol. The van der Waals surface area contributed by atoms with Crippen LogP contribution in [-0.4, -0.2) is 29.0 Å². The molecule has 1 atom stereocenters. The second-order valence-corrected chi connectivity index (χ2v) is 6.06. The Kier molecular flexibility index (Phi) is 4.08. The smallest absolute Gasteiger partial charge is 0.189 e. The molecule has 1 unspecified atom stereocenters. The summed E-state index contributed by atoms with van der Waals surface area (Å²) in [6, 6.07) is 8.15. The molecular formula is C17H23N3O. The number of aromatic amines is 1. The van der Waals surface area contributed by atoms with Crippen molar-refractivity contribution in [1.82, 2.24) is 9.88 Å². The van der Waals surface area contributed by atoms with E-state index in [1.165, 1.54) is 12.8 Å². The SMILES string of the molecule is Cc1ccc2[nH]c(CN3CCCCC3CN)cc(=O)c2c1. The van der Waals surface area contributed by atoms with Gasteiger partial charge in [-0.15, -0.1) is 0 Å². The van der Waals surface area contributed by atoms with Crippen molar-refractivity contribution < 1.29 is 0 Å². The molecule has 0 radical (unpaired) electrons. The maximum absolute atomic E-state index is 12.3. The van der Waals surface area contributed by atoms with Crippen molar-refractivity contribution in [2.24, 2.45) is 5.73 Å². The van der Waals surface area contributed by atoms with Crippen LogP contribution in [-0.2, 0) is 6.54 Å². The van der Waals surface area contributed by atoms with E-state index in [4.69, 9.17) is 5.73 Å².